The topological polar surface area (TPSA) is 58.1 Å². The van der Waals surface area contributed by atoms with Crippen molar-refractivity contribution >= 4 is 34.9 Å². The first-order chi connectivity index (χ1) is 17.6. The normalized spacial score (nSPS) is 14.7. The molecule has 0 N–H and O–H groups in total. The maximum absolute atomic E-state index is 14.7. The second-order valence-corrected chi connectivity index (χ2v) is 9.77. The van der Waals surface area contributed by atoms with Crippen molar-refractivity contribution in [1.82, 2.24) is 4.90 Å². The van der Waals surface area contributed by atoms with Crippen LogP contribution in [0.2, 0.25) is 5.02 Å². The van der Waals surface area contributed by atoms with Crippen molar-refractivity contribution in [3.05, 3.63) is 82.7 Å². The highest BCUT2D eigenvalue weighted by Crippen LogP contribution is 2.39. The van der Waals surface area contributed by atoms with Crippen molar-refractivity contribution < 1.29 is 23.3 Å². The number of urea groups is 1. The zero-order chi connectivity index (χ0) is 26.9. The van der Waals surface area contributed by atoms with E-state index in [0.29, 0.717) is 17.7 Å². The summed E-state index contributed by atoms with van der Waals surface area (Å²) in [4.78, 5) is 32.4. The van der Waals surface area contributed by atoms with E-state index in [1.807, 2.05) is 36.1 Å². The van der Waals surface area contributed by atoms with Gasteiger partial charge in [0.1, 0.15) is 12.6 Å². The smallest absolute Gasteiger partial charge is 0.332 e. The number of rotatable bonds is 7. The molecule has 0 spiro atoms. The van der Waals surface area contributed by atoms with Crippen LogP contribution in [0.3, 0.4) is 0 Å². The van der Waals surface area contributed by atoms with Gasteiger partial charge >= 0.3 is 6.03 Å². The molecule has 1 fully saturated rings. The van der Waals surface area contributed by atoms with Crippen LogP contribution in [0.1, 0.15) is 25.8 Å². The van der Waals surface area contributed by atoms with Gasteiger partial charge in [0.15, 0.2) is 24.0 Å². The Bertz CT molecular complexity index is 1420. The second kappa shape index (κ2) is 10.2. The number of pyridine rings is 1. The number of aryl methyl sites for hydroxylation is 1. The Morgan fingerprint density at radius 2 is 1.81 bits per heavy atom. The number of halogens is 2. The largest absolute Gasteiger partial charge is 0.490 e. The molecule has 4 rings (SSSR count). The minimum Gasteiger partial charge on any atom is -0.490 e. The van der Waals surface area contributed by atoms with E-state index in [4.69, 9.17) is 22.9 Å². The zero-order valence-corrected chi connectivity index (χ0v) is 21.8. The molecule has 7 nitrogen and oxygen atoms in total. The molecule has 1 aromatic heterocycles. The molecular formula is C28H27ClFN4O3+. The lowest BCUT2D eigenvalue weighted by Gasteiger charge is -2.27. The van der Waals surface area contributed by atoms with E-state index in [-0.39, 0.29) is 35.5 Å². The Hall–Kier alpha value is -3.96. The molecular weight excluding hydrogens is 495 g/mol. The number of ether oxygens (including phenoxy) is 1. The summed E-state index contributed by atoms with van der Waals surface area (Å²) in [5.74, 6) is -0.732. The van der Waals surface area contributed by atoms with Crippen molar-refractivity contribution in [2.45, 2.75) is 32.7 Å². The molecule has 1 aliphatic rings. The van der Waals surface area contributed by atoms with Gasteiger partial charge in [0.25, 0.3) is 5.91 Å². The highest BCUT2D eigenvalue weighted by atomic mass is 35.5. The average molecular weight is 522 g/mol. The number of carbonyl (C=O) groups is 2. The van der Waals surface area contributed by atoms with Gasteiger partial charge in [-0.2, -0.15) is 0 Å². The van der Waals surface area contributed by atoms with Crippen molar-refractivity contribution in [1.29, 1.82) is 0 Å². The van der Waals surface area contributed by atoms with Crippen LogP contribution in [0, 0.1) is 19.3 Å². The number of hydrogen-bond donors (Lipinski definition) is 0. The van der Waals surface area contributed by atoms with Gasteiger partial charge in [-0.1, -0.05) is 23.7 Å². The summed E-state index contributed by atoms with van der Waals surface area (Å²) in [5, 5.41) is 0.215. The average Bonchev–Trinajstić information content (AvgIpc) is 3.03. The SMILES string of the molecule is [C-]#[N+]c1ccc(N2C(=O)N(CCCOc3ccc(-c4cc[n+](C)cc4)cc3F)C(C)(C)C2=O)c(C)c1Cl. The van der Waals surface area contributed by atoms with Gasteiger partial charge in [-0.25, -0.2) is 23.5 Å². The molecule has 3 aromatic rings. The van der Waals surface area contributed by atoms with E-state index in [0.717, 1.165) is 16.0 Å². The van der Waals surface area contributed by atoms with Crippen LogP contribution in [0.5, 0.6) is 5.75 Å². The Kier molecular flexibility index (Phi) is 7.19. The van der Waals surface area contributed by atoms with Gasteiger partial charge in [-0.15, -0.1) is 0 Å². The molecule has 37 heavy (non-hydrogen) atoms. The molecule has 1 aliphatic heterocycles. The minimum atomic E-state index is -1.09. The number of nitrogens with zero attached hydrogens (tertiary/aromatic N) is 4. The van der Waals surface area contributed by atoms with Crippen LogP contribution in [-0.2, 0) is 11.8 Å². The van der Waals surface area contributed by atoms with E-state index in [1.54, 1.807) is 39.0 Å². The highest BCUT2D eigenvalue weighted by molar-refractivity contribution is 6.35. The van der Waals surface area contributed by atoms with Gasteiger partial charge in [-0.05, 0) is 62.1 Å². The molecule has 0 bridgehead atoms. The number of aromatic nitrogens is 1. The maximum atomic E-state index is 14.7. The summed E-state index contributed by atoms with van der Waals surface area (Å²) in [6, 6.07) is 11.2. The lowest BCUT2D eigenvalue weighted by atomic mass is 10.0. The van der Waals surface area contributed by atoms with Crippen molar-refractivity contribution in [2.24, 2.45) is 7.05 Å². The van der Waals surface area contributed by atoms with E-state index < -0.39 is 17.4 Å². The summed E-state index contributed by atoms with van der Waals surface area (Å²) in [6.45, 7) is 12.6. The Morgan fingerprint density at radius 3 is 2.46 bits per heavy atom. The first-order valence-corrected chi connectivity index (χ1v) is 12.1. The van der Waals surface area contributed by atoms with Gasteiger partial charge < -0.3 is 9.64 Å². The van der Waals surface area contributed by atoms with Crippen molar-refractivity contribution in [3.8, 4) is 16.9 Å². The monoisotopic (exact) mass is 521 g/mol. The van der Waals surface area contributed by atoms with Crippen molar-refractivity contribution in [3.63, 3.8) is 0 Å². The Morgan fingerprint density at radius 1 is 1.11 bits per heavy atom. The van der Waals surface area contributed by atoms with Crippen LogP contribution in [-0.4, -0.2) is 35.5 Å². The Balaban J connectivity index is 1.42. The van der Waals surface area contributed by atoms with Crippen LogP contribution in [0.4, 0.5) is 20.6 Å². The van der Waals surface area contributed by atoms with E-state index in [9.17, 15) is 14.0 Å². The lowest BCUT2D eigenvalue weighted by molar-refractivity contribution is -0.671. The lowest BCUT2D eigenvalue weighted by Crippen LogP contribution is -2.44. The quantitative estimate of drug-likeness (QED) is 0.170. The molecule has 2 aromatic carbocycles. The molecule has 0 atom stereocenters. The third kappa shape index (κ3) is 4.87. The minimum absolute atomic E-state index is 0.125. The predicted molar refractivity (Wildman–Crippen MR) is 139 cm³/mol. The molecule has 9 heteroatoms. The van der Waals surface area contributed by atoms with Gasteiger partial charge in [-0.3, -0.25) is 4.79 Å². The Labute approximate surface area is 220 Å². The van der Waals surface area contributed by atoms with E-state index >= 15 is 0 Å². The van der Waals surface area contributed by atoms with Crippen LogP contribution >= 0.6 is 11.6 Å². The molecule has 0 unspecified atom stereocenters. The fraction of sp³-hybridized carbons (Fsp3) is 0.286. The van der Waals surface area contributed by atoms with E-state index in [1.165, 1.54) is 17.0 Å². The van der Waals surface area contributed by atoms with Crippen molar-refractivity contribution in [2.75, 3.05) is 18.1 Å². The molecule has 0 aliphatic carbocycles. The summed E-state index contributed by atoms with van der Waals surface area (Å²) in [5.41, 5.74) is 1.65. The van der Waals surface area contributed by atoms with Crippen LogP contribution in [0.25, 0.3) is 16.0 Å². The number of anilines is 1. The summed E-state index contributed by atoms with van der Waals surface area (Å²) < 4.78 is 22.2. The molecule has 0 radical (unpaired) electrons. The highest BCUT2D eigenvalue weighted by Gasteiger charge is 2.51. The maximum Gasteiger partial charge on any atom is 0.332 e. The number of benzene rings is 2. The van der Waals surface area contributed by atoms with Gasteiger partial charge in [0.2, 0.25) is 5.69 Å². The standard InChI is InChI=1S/C28H27ClFN4O3/c1-18-23(9-8-22(31-4)25(18)29)34-26(35)28(2,3)33(27(34)36)13-6-16-37-24-10-7-20(17-21(24)30)19-11-14-32(5)15-12-19/h7-12,14-15,17H,6,13,16H2,1-3,5H3/q+1. The molecule has 2 heterocycles. The molecule has 3 amide bonds. The molecule has 0 saturated carbocycles. The van der Waals surface area contributed by atoms with Crippen LogP contribution in [0.15, 0.2) is 54.9 Å². The summed E-state index contributed by atoms with van der Waals surface area (Å²) in [7, 11) is 1.91. The first-order valence-electron chi connectivity index (χ1n) is 11.8. The number of hydrogen-bond acceptors (Lipinski definition) is 3. The number of amides is 3. The third-order valence-electron chi connectivity index (χ3n) is 6.55. The third-order valence-corrected chi connectivity index (χ3v) is 7.03. The van der Waals surface area contributed by atoms with Crippen LogP contribution < -0.4 is 14.2 Å². The van der Waals surface area contributed by atoms with Gasteiger partial charge in [0, 0.05) is 18.7 Å². The summed E-state index contributed by atoms with van der Waals surface area (Å²) >= 11 is 6.28. The fourth-order valence-electron chi connectivity index (χ4n) is 4.31. The molecule has 1 saturated heterocycles. The number of carbonyl (C=O) groups excluding carboxylic acids is 2. The van der Waals surface area contributed by atoms with Gasteiger partial charge in [0.05, 0.1) is 23.9 Å². The zero-order valence-electron chi connectivity index (χ0n) is 21.1. The second-order valence-electron chi connectivity index (χ2n) is 9.39. The number of imide groups is 1. The van der Waals surface area contributed by atoms with E-state index in [2.05, 4.69) is 4.85 Å². The summed E-state index contributed by atoms with van der Waals surface area (Å²) in [6.07, 6.45) is 4.18. The fourth-order valence-corrected chi connectivity index (χ4v) is 4.51. The molecule has 190 valence electrons. The predicted octanol–water partition coefficient (Wildman–Crippen LogP) is 5.85. The first kappa shape index (κ1) is 26.1.